The van der Waals surface area contributed by atoms with Crippen molar-refractivity contribution in [3.05, 3.63) is 0 Å². The fraction of sp³-hybridized carbons (Fsp3) is 0.900. The van der Waals surface area contributed by atoms with E-state index in [-0.39, 0.29) is 7.43 Å². The van der Waals surface area contributed by atoms with Gasteiger partial charge in [-0.15, -0.1) is 0 Å². The molecule has 0 aliphatic heterocycles. The summed E-state index contributed by atoms with van der Waals surface area (Å²) in [5.74, 6) is 1.65. The molecule has 0 unspecified atom stereocenters. The summed E-state index contributed by atoms with van der Waals surface area (Å²) in [7, 11) is 0. The second kappa shape index (κ2) is 4.53. The minimum atomic E-state index is 0. The average Bonchev–Trinajstić information content (AvgIpc) is 1.88. The Morgan fingerprint density at radius 3 is 2.00 bits per heavy atom. The lowest BCUT2D eigenvalue weighted by Crippen LogP contribution is -2.18. The van der Waals surface area contributed by atoms with Crippen LogP contribution < -0.4 is 0 Å². The topological polar surface area (TPSA) is 17.1 Å². The van der Waals surface area contributed by atoms with Crippen molar-refractivity contribution in [2.75, 3.05) is 0 Å². The van der Waals surface area contributed by atoms with Crippen LogP contribution >= 0.6 is 0 Å². The number of Topliss-reactive ketones (excluding diaryl/α,β-unsaturated/α-hetero) is 1. The van der Waals surface area contributed by atoms with E-state index in [0.29, 0.717) is 11.7 Å². The normalized spacial score (nSPS) is 30.7. The maximum absolute atomic E-state index is 10.9. The number of hydrogen-bond acceptors (Lipinski definition) is 1. The van der Waals surface area contributed by atoms with Crippen LogP contribution in [0.15, 0.2) is 0 Å². The number of carbonyl (C=O) groups excluding carboxylic acids is 1. The number of ketones is 1. The molecule has 0 saturated heterocycles. The molecule has 1 heteroatoms. The summed E-state index contributed by atoms with van der Waals surface area (Å²) in [5.41, 5.74) is 0. The molecule has 11 heavy (non-hydrogen) atoms. The van der Waals surface area contributed by atoms with E-state index >= 15 is 0 Å². The van der Waals surface area contributed by atoms with Crippen LogP contribution in [0.25, 0.3) is 0 Å². The molecule has 0 aromatic heterocycles. The summed E-state index contributed by atoms with van der Waals surface area (Å²) in [6, 6.07) is 0. The molecule has 0 aromatic rings. The van der Waals surface area contributed by atoms with Crippen LogP contribution in [-0.4, -0.2) is 5.78 Å². The van der Waals surface area contributed by atoms with Crippen molar-refractivity contribution >= 4 is 5.78 Å². The van der Waals surface area contributed by atoms with Crippen LogP contribution in [0.3, 0.4) is 0 Å². The summed E-state index contributed by atoms with van der Waals surface area (Å²) in [6.45, 7) is 4.00. The summed E-state index contributed by atoms with van der Waals surface area (Å²) < 4.78 is 0. The molecular weight excluding hydrogens is 136 g/mol. The molecule has 0 aromatic carbocycles. The Bertz CT molecular complexity index is 121. The first-order chi connectivity index (χ1) is 4.70. The van der Waals surface area contributed by atoms with E-state index in [1.165, 1.54) is 12.8 Å². The molecule has 0 N–H and O–H groups in total. The van der Waals surface area contributed by atoms with E-state index in [0.717, 1.165) is 18.8 Å². The molecule has 1 aliphatic rings. The lowest BCUT2D eigenvalue weighted by molar-refractivity contribution is -0.121. The molecule has 1 nitrogen and oxygen atoms in total. The third kappa shape index (κ3) is 3.04. The summed E-state index contributed by atoms with van der Waals surface area (Å²) in [4.78, 5) is 10.9. The molecule has 1 rings (SSSR count). The second-order valence-corrected chi connectivity index (χ2v) is 3.57. The molecule has 0 heterocycles. The van der Waals surface area contributed by atoms with Crippen molar-refractivity contribution in [3.8, 4) is 0 Å². The van der Waals surface area contributed by atoms with Gasteiger partial charge in [-0.2, -0.15) is 0 Å². The summed E-state index contributed by atoms with van der Waals surface area (Å²) in [6.07, 6.45) is 4.78. The van der Waals surface area contributed by atoms with E-state index in [9.17, 15) is 4.79 Å². The van der Waals surface area contributed by atoms with Crippen LogP contribution in [0.5, 0.6) is 0 Å². The van der Waals surface area contributed by atoms with Crippen LogP contribution in [0.4, 0.5) is 0 Å². The van der Waals surface area contributed by atoms with E-state index < -0.39 is 0 Å². The maximum Gasteiger partial charge on any atom is 0.132 e. The molecule has 0 radical (unpaired) electrons. The second-order valence-electron chi connectivity index (χ2n) is 3.57. The van der Waals surface area contributed by atoms with Gasteiger partial charge in [0.05, 0.1) is 0 Å². The first-order valence-corrected chi connectivity index (χ1v) is 4.20. The Morgan fingerprint density at radius 1 is 1.18 bits per heavy atom. The Balaban J connectivity index is 0.000001000. The largest absolute Gasteiger partial charge is 0.300 e. The van der Waals surface area contributed by atoms with Crippen molar-refractivity contribution < 1.29 is 4.79 Å². The van der Waals surface area contributed by atoms with Gasteiger partial charge in [0.2, 0.25) is 0 Å². The van der Waals surface area contributed by atoms with E-state index in [4.69, 9.17) is 0 Å². The molecule has 1 aliphatic carbocycles. The molecule has 0 amide bonds. The minimum absolute atomic E-state index is 0. The van der Waals surface area contributed by atoms with Gasteiger partial charge in [0.1, 0.15) is 5.78 Å². The third-order valence-corrected chi connectivity index (χ3v) is 2.59. The highest BCUT2D eigenvalue weighted by atomic mass is 16.1. The van der Waals surface area contributed by atoms with Gasteiger partial charge in [0, 0.05) is 5.92 Å². The molecule has 1 saturated carbocycles. The van der Waals surface area contributed by atoms with E-state index in [1.807, 2.05) is 0 Å². The highest BCUT2D eigenvalue weighted by Crippen LogP contribution is 2.28. The average molecular weight is 156 g/mol. The Hall–Kier alpha value is -0.330. The van der Waals surface area contributed by atoms with E-state index in [1.54, 1.807) is 6.92 Å². The fourth-order valence-corrected chi connectivity index (χ4v) is 1.67. The number of rotatable bonds is 1. The standard InChI is InChI=1S/C9H16O.CH4/c1-7-3-5-9(6-4-7)8(2)10;/h7,9H,3-6H2,1-2H3;1H4. The van der Waals surface area contributed by atoms with Crippen molar-refractivity contribution in [1.29, 1.82) is 0 Å². The van der Waals surface area contributed by atoms with Crippen molar-refractivity contribution in [3.63, 3.8) is 0 Å². The Morgan fingerprint density at radius 2 is 1.64 bits per heavy atom. The lowest BCUT2D eigenvalue weighted by atomic mass is 9.81. The van der Waals surface area contributed by atoms with Gasteiger partial charge in [-0.1, -0.05) is 27.2 Å². The Labute approximate surface area is 70.2 Å². The smallest absolute Gasteiger partial charge is 0.132 e. The fourth-order valence-electron chi connectivity index (χ4n) is 1.67. The van der Waals surface area contributed by atoms with Gasteiger partial charge in [0.15, 0.2) is 0 Å². The zero-order chi connectivity index (χ0) is 7.56. The van der Waals surface area contributed by atoms with Crippen molar-refractivity contribution in [1.82, 2.24) is 0 Å². The molecule has 1 fully saturated rings. The molecular formula is C10H20O. The Kier molecular flexibility index (Phi) is 4.39. The van der Waals surface area contributed by atoms with Crippen molar-refractivity contribution in [2.45, 2.75) is 47.0 Å². The molecule has 66 valence electrons. The number of carbonyl (C=O) groups is 1. The van der Waals surface area contributed by atoms with Gasteiger partial charge in [0.25, 0.3) is 0 Å². The van der Waals surface area contributed by atoms with Gasteiger partial charge in [-0.25, -0.2) is 0 Å². The zero-order valence-corrected chi connectivity index (χ0v) is 6.89. The lowest BCUT2D eigenvalue weighted by Gasteiger charge is -2.23. The predicted octanol–water partition coefficient (Wildman–Crippen LogP) is 3.04. The third-order valence-electron chi connectivity index (χ3n) is 2.59. The van der Waals surface area contributed by atoms with Crippen molar-refractivity contribution in [2.24, 2.45) is 11.8 Å². The molecule has 0 atom stereocenters. The van der Waals surface area contributed by atoms with Gasteiger partial charge < -0.3 is 0 Å². The quantitative estimate of drug-likeness (QED) is 0.570. The van der Waals surface area contributed by atoms with Gasteiger partial charge in [-0.05, 0) is 25.7 Å². The van der Waals surface area contributed by atoms with Gasteiger partial charge in [-0.3, -0.25) is 4.79 Å². The molecule has 0 bridgehead atoms. The molecule has 0 spiro atoms. The van der Waals surface area contributed by atoms with E-state index in [2.05, 4.69) is 6.92 Å². The van der Waals surface area contributed by atoms with Crippen LogP contribution in [-0.2, 0) is 4.79 Å². The number of hydrogen-bond donors (Lipinski definition) is 0. The monoisotopic (exact) mass is 156 g/mol. The maximum atomic E-state index is 10.9. The van der Waals surface area contributed by atoms with Crippen LogP contribution in [0.1, 0.15) is 47.0 Å². The first kappa shape index (κ1) is 10.7. The zero-order valence-electron chi connectivity index (χ0n) is 6.89. The van der Waals surface area contributed by atoms with Crippen LogP contribution in [0.2, 0.25) is 0 Å². The summed E-state index contributed by atoms with van der Waals surface area (Å²) in [5, 5.41) is 0. The van der Waals surface area contributed by atoms with Gasteiger partial charge >= 0.3 is 0 Å². The first-order valence-electron chi connectivity index (χ1n) is 4.20. The highest BCUT2D eigenvalue weighted by molar-refractivity contribution is 5.78. The van der Waals surface area contributed by atoms with Crippen LogP contribution in [0, 0.1) is 11.8 Å². The SMILES string of the molecule is C.CC(=O)C1CCC(C)CC1. The summed E-state index contributed by atoms with van der Waals surface area (Å²) >= 11 is 0. The highest BCUT2D eigenvalue weighted by Gasteiger charge is 2.20. The predicted molar refractivity (Wildman–Crippen MR) is 48.5 cm³/mol. The minimum Gasteiger partial charge on any atom is -0.300 e.